The van der Waals surface area contributed by atoms with Gasteiger partial charge in [-0.2, -0.15) is 0 Å². The zero-order valence-electron chi connectivity index (χ0n) is 19.1. The Hall–Kier alpha value is -2.89. The predicted octanol–water partition coefficient (Wildman–Crippen LogP) is 4.65. The van der Waals surface area contributed by atoms with Crippen LogP contribution in [-0.4, -0.2) is 45.3 Å². The lowest BCUT2D eigenvalue weighted by Gasteiger charge is -2.39. The summed E-state index contributed by atoms with van der Waals surface area (Å²) >= 11 is 0. The Morgan fingerprint density at radius 3 is 2.19 bits per heavy atom. The second-order valence-electron chi connectivity index (χ2n) is 7.68. The van der Waals surface area contributed by atoms with E-state index in [0.29, 0.717) is 36.1 Å². The minimum Gasteiger partial charge on any atom is -0.493 e. The highest BCUT2D eigenvalue weighted by Gasteiger charge is 2.35. The van der Waals surface area contributed by atoms with Crippen LogP contribution in [0.4, 0.5) is 0 Å². The molecule has 0 aromatic heterocycles. The van der Waals surface area contributed by atoms with E-state index in [1.807, 2.05) is 41.3 Å². The maximum absolute atomic E-state index is 13.4. The lowest BCUT2D eigenvalue weighted by molar-refractivity contribution is -0.139. The van der Waals surface area contributed by atoms with E-state index in [9.17, 15) is 4.79 Å². The molecule has 1 amide bonds. The minimum atomic E-state index is -0.221. The van der Waals surface area contributed by atoms with Crippen molar-refractivity contribution in [1.29, 1.82) is 0 Å². The lowest BCUT2D eigenvalue weighted by atomic mass is 9.90. The highest BCUT2D eigenvalue weighted by molar-refractivity contribution is 5.80. The average molecular weight is 428 g/mol. The van der Waals surface area contributed by atoms with Crippen molar-refractivity contribution in [1.82, 2.24) is 4.90 Å². The summed E-state index contributed by atoms with van der Waals surface area (Å²) in [6, 6.07) is 11.3. The Bertz CT molecular complexity index is 893. The Morgan fingerprint density at radius 1 is 0.968 bits per heavy atom. The number of hydrogen-bond acceptors (Lipinski definition) is 5. The van der Waals surface area contributed by atoms with E-state index in [4.69, 9.17) is 18.9 Å². The summed E-state index contributed by atoms with van der Waals surface area (Å²) in [6.07, 6.45) is 2.42. The van der Waals surface area contributed by atoms with Gasteiger partial charge in [0.1, 0.15) is 6.61 Å². The summed E-state index contributed by atoms with van der Waals surface area (Å²) in [5, 5.41) is 0. The second-order valence-corrected chi connectivity index (χ2v) is 7.68. The molecule has 6 heteroatoms. The van der Waals surface area contributed by atoms with Gasteiger partial charge >= 0.3 is 0 Å². The number of fused-ring (bicyclic) bond motifs is 1. The molecule has 0 saturated heterocycles. The number of carbonyl (C=O) groups is 1. The van der Waals surface area contributed by atoms with Crippen LogP contribution in [0.5, 0.6) is 23.0 Å². The van der Waals surface area contributed by atoms with Gasteiger partial charge in [-0.3, -0.25) is 4.79 Å². The molecule has 1 aliphatic heterocycles. The summed E-state index contributed by atoms with van der Waals surface area (Å²) < 4.78 is 22.7. The minimum absolute atomic E-state index is 0.00968. The van der Waals surface area contributed by atoms with Crippen LogP contribution < -0.4 is 18.9 Å². The van der Waals surface area contributed by atoms with Gasteiger partial charge in [0.15, 0.2) is 23.0 Å². The van der Waals surface area contributed by atoms with Crippen LogP contribution >= 0.6 is 0 Å². The lowest BCUT2D eigenvalue weighted by Crippen LogP contribution is -2.45. The number of carbonyl (C=O) groups excluding carboxylic acids is 1. The molecule has 0 radical (unpaired) electrons. The smallest absolute Gasteiger partial charge is 0.226 e. The van der Waals surface area contributed by atoms with Gasteiger partial charge in [-0.15, -0.1) is 0 Å². The molecule has 0 unspecified atom stereocenters. The number of rotatable bonds is 9. The van der Waals surface area contributed by atoms with Crippen LogP contribution in [0.1, 0.15) is 43.9 Å². The fraction of sp³-hybridized carbons (Fsp3) is 0.480. The normalized spacial score (nSPS) is 15.4. The average Bonchev–Trinajstić information content (AvgIpc) is 2.82. The van der Waals surface area contributed by atoms with E-state index in [1.165, 1.54) is 0 Å². The SMILES string of the molecule is CCC(CC)C(=O)N1CCc2cc(OC)c(OC)cc2[C@@H]1COc1ccccc1OC. The molecular formula is C25H33NO5. The number of nitrogens with zero attached hydrogens (tertiary/aromatic N) is 1. The third-order valence-electron chi connectivity index (χ3n) is 6.09. The number of amides is 1. The van der Waals surface area contributed by atoms with Crippen molar-refractivity contribution >= 4 is 5.91 Å². The Labute approximate surface area is 185 Å². The zero-order valence-corrected chi connectivity index (χ0v) is 19.1. The van der Waals surface area contributed by atoms with Gasteiger partial charge in [0, 0.05) is 12.5 Å². The predicted molar refractivity (Wildman–Crippen MR) is 120 cm³/mol. The first-order valence-corrected chi connectivity index (χ1v) is 10.9. The van der Waals surface area contributed by atoms with Gasteiger partial charge < -0.3 is 23.8 Å². The van der Waals surface area contributed by atoms with Crippen molar-refractivity contribution in [2.24, 2.45) is 5.92 Å². The molecule has 0 bridgehead atoms. The van der Waals surface area contributed by atoms with Crippen molar-refractivity contribution < 1.29 is 23.7 Å². The van der Waals surface area contributed by atoms with Gasteiger partial charge in [0.2, 0.25) is 5.91 Å². The molecule has 3 rings (SSSR count). The van der Waals surface area contributed by atoms with Gasteiger partial charge in [-0.25, -0.2) is 0 Å². The van der Waals surface area contributed by atoms with Gasteiger partial charge in [0.05, 0.1) is 27.4 Å². The van der Waals surface area contributed by atoms with Crippen molar-refractivity contribution in [2.45, 2.75) is 39.2 Å². The summed E-state index contributed by atoms with van der Waals surface area (Å²) in [6.45, 7) is 5.11. The fourth-order valence-electron chi connectivity index (χ4n) is 4.25. The van der Waals surface area contributed by atoms with Crippen LogP contribution in [0.25, 0.3) is 0 Å². The van der Waals surface area contributed by atoms with E-state index < -0.39 is 0 Å². The Balaban J connectivity index is 1.98. The van der Waals surface area contributed by atoms with Crippen LogP contribution in [0.2, 0.25) is 0 Å². The van der Waals surface area contributed by atoms with Crippen LogP contribution in [-0.2, 0) is 11.2 Å². The van der Waals surface area contributed by atoms with Crippen LogP contribution in [0.15, 0.2) is 36.4 Å². The first-order chi connectivity index (χ1) is 15.1. The summed E-state index contributed by atoms with van der Waals surface area (Å²) in [5.74, 6) is 2.87. The van der Waals surface area contributed by atoms with E-state index >= 15 is 0 Å². The monoisotopic (exact) mass is 427 g/mol. The van der Waals surface area contributed by atoms with Crippen LogP contribution in [0.3, 0.4) is 0 Å². The number of methoxy groups -OCH3 is 3. The maximum Gasteiger partial charge on any atom is 0.226 e. The number of benzene rings is 2. The molecule has 0 saturated carbocycles. The van der Waals surface area contributed by atoms with Crippen molar-refractivity contribution in [3.63, 3.8) is 0 Å². The molecule has 2 aromatic rings. The number of ether oxygens (including phenoxy) is 4. The number of para-hydroxylation sites is 2. The quantitative estimate of drug-likeness (QED) is 0.583. The van der Waals surface area contributed by atoms with Crippen molar-refractivity contribution in [3.05, 3.63) is 47.5 Å². The van der Waals surface area contributed by atoms with Gasteiger partial charge in [-0.05, 0) is 54.7 Å². The van der Waals surface area contributed by atoms with E-state index in [1.54, 1.807) is 21.3 Å². The first-order valence-electron chi connectivity index (χ1n) is 10.9. The van der Waals surface area contributed by atoms with E-state index in [-0.39, 0.29) is 17.9 Å². The third kappa shape index (κ3) is 4.73. The summed E-state index contributed by atoms with van der Waals surface area (Å²) in [4.78, 5) is 15.4. The molecule has 2 aromatic carbocycles. The van der Waals surface area contributed by atoms with Gasteiger partial charge in [-0.1, -0.05) is 26.0 Å². The molecule has 0 aliphatic carbocycles. The standard InChI is InChI=1S/C25H33NO5/c1-6-17(7-2)25(27)26-13-12-18-14-23(29-4)24(30-5)15-19(18)20(26)16-31-22-11-9-8-10-21(22)28-3/h8-11,14-15,17,20H,6-7,12-13,16H2,1-5H3/t20-/m0/s1. The number of hydrogen-bond donors (Lipinski definition) is 0. The van der Waals surface area contributed by atoms with E-state index in [2.05, 4.69) is 13.8 Å². The van der Waals surface area contributed by atoms with Gasteiger partial charge in [0.25, 0.3) is 0 Å². The molecule has 6 nitrogen and oxygen atoms in total. The zero-order chi connectivity index (χ0) is 22.4. The van der Waals surface area contributed by atoms with Crippen molar-refractivity contribution in [2.75, 3.05) is 34.5 Å². The molecule has 1 atom stereocenters. The molecule has 0 spiro atoms. The largest absolute Gasteiger partial charge is 0.493 e. The second kappa shape index (κ2) is 10.4. The van der Waals surface area contributed by atoms with Crippen LogP contribution in [0, 0.1) is 5.92 Å². The van der Waals surface area contributed by atoms with E-state index in [0.717, 1.165) is 30.4 Å². The molecule has 168 valence electrons. The fourth-order valence-corrected chi connectivity index (χ4v) is 4.25. The molecule has 0 N–H and O–H groups in total. The van der Waals surface area contributed by atoms with Crippen molar-refractivity contribution in [3.8, 4) is 23.0 Å². The highest BCUT2D eigenvalue weighted by atomic mass is 16.5. The highest BCUT2D eigenvalue weighted by Crippen LogP contribution is 2.39. The Morgan fingerprint density at radius 2 is 1.58 bits per heavy atom. The molecular weight excluding hydrogens is 394 g/mol. The summed E-state index contributed by atoms with van der Waals surface area (Å²) in [7, 11) is 4.89. The first kappa shape index (κ1) is 22.8. The molecule has 1 aliphatic rings. The molecule has 1 heterocycles. The maximum atomic E-state index is 13.4. The Kier molecular flexibility index (Phi) is 7.66. The molecule has 31 heavy (non-hydrogen) atoms. The molecule has 0 fully saturated rings. The topological polar surface area (TPSA) is 57.2 Å². The summed E-state index contributed by atoms with van der Waals surface area (Å²) in [5.41, 5.74) is 2.19. The third-order valence-corrected chi connectivity index (χ3v) is 6.09.